The number of unbranched alkanes of at least 4 members (excludes halogenated alkanes) is 3. The fourth-order valence-corrected chi connectivity index (χ4v) is 4.35. The van der Waals surface area contributed by atoms with Gasteiger partial charge < -0.3 is 29.8 Å². The lowest BCUT2D eigenvalue weighted by molar-refractivity contribution is 0.238. The Kier molecular flexibility index (Phi) is 15.0. The number of hydrogen-bond acceptors (Lipinski definition) is 6. The molecule has 0 aliphatic carbocycles. The van der Waals surface area contributed by atoms with Gasteiger partial charge in [0.25, 0.3) is 0 Å². The van der Waals surface area contributed by atoms with Gasteiger partial charge in [0.1, 0.15) is 0 Å². The summed E-state index contributed by atoms with van der Waals surface area (Å²) < 4.78 is 0. The standard InChI is InChI=1S/C25H54N6/c1-26-12-4-5-17-29(18-8-6-13-27(2)15-10-20-30-22-23-30)19-9-7-14-28(3)16-11-21-31-24-25-31/h26H,4-25H2,1-3H3. The number of nitrogens with zero attached hydrogens (tertiary/aromatic N) is 5. The molecule has 0 aromatic rings. The Balaban J connectivity index is 1.49. The summed E-state index contributed by atoms with van der Waals surface area (Å²) >= 11 is 0. The van der Waals surface area contributed by atoms with Crippen LogP contribution in [0.3, 0.4) is 0 Å². The van der Waals surface area contributed by atoms with Crippen molar-refractivity contribution in [2.45, 2.75) is 51.4 Å². The van der Waals surface area contributed by atoms with Crippen molar-refractivity contribution in [2.24, 2.45) is 0 Å². The van der Waals surface area contributed by atoms with E-state index >= 15 is 0 Å². The largest absolute Gasteiger partial charge is 0.320 e. The number of hydrogen-bond donors (Lipinski definition) is 1. The van der Waals surface area contributed by atoms with Gasteiger partial charge in [-0.3, -0.25) is 0 Å². The van der Waals surface area contributed by atoms with Crippen LogP contribution in [0.15, 0.2) is 0 Å². The van der Waals surface area contributed by atoms with Gasteiger partial charge >= 0.3 is 0 Å². The lowest BCUT2D eigenvalue weighted by Crippen LogP contribution is -2.30. The highest BCUT2D eigenvalue weighted by Gasteiger charge is 2.16. The fraction of sp³-hybridized carbons (Fsp3) is 1.00. The summed E-state index contributed by atoms with van der Waals surface area (Å²) in [5.41, 5.74) is 0. The Morgan fingerprint density at radius 2 is 0.935 bits per heavy atom. The first kappa shape index (κ1) is 27.0. The second-order valence-corrected chi connectivity index (χ2v) is 10.1. The summed E-state index contributed by atoms with van der Waals surface area (Å²) in [6.45, 7) is 18.0. The topological polar surface area (TPSA) is 27.8 Å². The molecule has 184 valence electrons. The van der Waals surface area contributed by atoms with Crippen molar-refractivity contribution in [1.82, 2.24) is 29.8 Å². The molecule has 2 fully saturated rings. The van der Waals surface area contributed by atoms with E-state index in [-0.39, 0.29) is 0 Å². The van der Waals surface area contributed by atoms with Gasteiger partial charge in [-0.2, -0.15) is 0 Å². The summed E-state index contributed by atoms with van der Waals surface area (Å²) in [6, 6.07) is 0. The molecule has 2 aliphatic rings. The summed E-state index contributed by atoms with van der Waals surface area (Å²) in [4.78, 5) is 12.9. The van der Waals surface area contributed by atoms with Crippen molar-refractivity contribution in [3.05, 3.63) is 0 Å². The average Bonchev–Trinajstić information content (AvgIpc) is 3.67. The van der Waals surface area contributed by atoms with Crippen LogP contribution in [-0.4, -0.2) is 137 Å². The van der Waals surface area contributed by atoms with E-state index in [4.69, 9.17) is 0 Å². The van der Waals surface area contributed by atoms with Crippen LogP contribution >= 0.6 is 0 Å². The second kappa shape index (κ2) is 17.3. The van der Waals surface area contributed by atoms with E-state index in [0.29, 0.717) is 0 Å². The predicted molar refractivity (Wildman–Crippen MR) is 135 cm³/mol. The first-order valence-corrected chi connectivity index (χ1v) is 13.4. The van der Waals surface area contributed by atoms with Gasteiger partial charge in [0.2, 0.25) is 0 Å². The molecular formula is C25H54N6. The van der Waals surface area contributed by atoms with Crippen LogP contribution in [0.25, 0.3) is 0 Å². The highest BCUT2D eigenvalue weighted by atomic mass is 15.3. The molecule has 2 heterocycles. The molecule has 0 bridgehead atoms. The molecule has 6 nitrogen and oxygen atoms in total. The molecule has 2 rings (SSSR count). The fourth-order valence-electron chi connectivity index (χ4n) is 4.35. The average molecular weight is 439 g/mol. The van der Waals surface area contributed by atoms with Crippen LogP contribution in [0, 0.1) is 0 Å². The number of nitrogens with one attached hydrogen (secondary N) is 1. The SMILES string of the molecule is CNCCCCN(CCCCN(C)CCCN1CC1)CCCCN(C)CCCN1CC1. The zero-order chi connectivity index (χ0) is 22.2. The van der Waals surface area contributed by atoms with Crippen molar-refractivity contribution in [2.75, 3.05) is 113 Å². The Labute approximate surface area is 194 Å². The highest BCUT2D eigenvalue weighted by molar-refractivity contribution is 4.73. The molecule has 0 spiro atoms. The maximum atomic E-state index is 3.29. The van der Waals surface area contributed by atoms with Crippen molar-refractivity contribution >= 4 is 0 Å². The van der Waals surface area contributed by atoms with Crippen LogP contribution in [0.4, 0.5) is 0 Å². The van der Waals surface area contributed by atoms with E-state index in [2.05, 4.69) is 51.0 Å². The Morgan fingerprint density at radius 1 is 0.548 bits per heavy atom. The van der Waals surface area contributed by atoms with Gasteiger partial charge in [0.05, 0.1) is 0 Å². The molecule has 0 radical (unpaired) electrons. The molecule has 2 aliphatic heterocycles. The molecule has 0 aromatic carbocycles. The maximum absolute atomic E-state index is 3.29. The van der Waals surface area contributed by atoms with Crippen molar-refractivity contribution in [1.29, 1.82) is 0 Å². The predicted octanol–water partition coefficient (Wildman–Crippen LogP) is 2.12. The Morgan fingerprint density at radius 3 is 1.35 bits per heavy atom. The van der Waals surface area contributed by atoms with E-state index in [1.807, 2.05) is 0 Å². The molecule has 0 unspecified atom stereocenters. The third-order valence-electron chi connectivity index (χ3n) is 6.79. The van der Waals surface area contributed by atoms with Crippen LogP contribution < -0.4 is 5.32 Å². The van der Waals surface area contributed by atoms with Gasteiger partial charge in [-0.15, -0.1) is 0 Å². The normalized spacial score (nSPS) is 16.8. The molecule has 0 aromatic heterocycles. The minimum absolute atomic E-state index is 1.15. The smallest absolute Gasteiger partial charge is 0.0110 e. The van der Waals surface area contributed by atoms with E-state index in [1.165, 1.54) is 136 Å². The Bertz CT molecular complexity index is 381. The summed E-state index contributed by atoms with van der Waals surface area (Å²) in [7, 11) is 6.67. The van der Waals surface area contributed by atoms with Crippen molar-refractivity contribution in [3.63, 3.8) is 0 Å². The molecule has 0 amide bonds. The third kappa shape index (κ3) is 16.1. The van der Waals surface area contributed by atoms with Gasteiger partial charge in [-0.25, -0.2) is 0 Å². The minimum atomic E-state index is 1.15. The summed E-state index contributed by atoms with van der Waals surface area (Å²) in [5.74, 6) is 0. The van der Waals surface area contributed by atoms with E-state index in [0.717, 1.165) is 6.54 Å². The van der Waals surface area contributed by atoms with Gasteiger partial charge in [0.15, 0.2) is 0 Å². The molecular weight excluding hydrogens is 384 g/mol. The third-order valence-corrected chi connectivity index (χ3v) is 6.79. The second-order valence-electron chi connectivity index (χ2n) is 10.1. The van der Waals surface area contributed by atoms with E-state index in [9.17, 15) is 0 Å². The lowest BCUT2D eigenvalue weighted by atomic mass is 10.2. The minimum Gasteiger partial charge on any atom is -0.320 e. The molecule has 6 heteroatoms. The molecule has 31 heavy (non-hydrogen) atoms. The van der Waals surface area contributed by atoms with E-state index in [1.54, 1.807) is 0 Å². The lowest BCUT2D eigenvalue weighted by Gasteiger charge is -2.24. The van der Waals surface area contributed by atoms with E-state index < -0.39 is 0 Å². The molecule has 0 saturated carbocycles. The van der Waals surface area contributed by atoms with Gasteiger partial charge in [-0.1, -0.05) is 0 Å². The summed E-state index contributed by atoms with van der Waals surface area (Å²) in [6.07, 6.45) is 10.7. The van der Waals surface area contributed by atoms with Crippen molar-refractivity contribution in [3.8, 4) is 0 Å². The first-order chi connectivity index (χ1) is 15.2. The molecule has 0 atom stereocenters. The number of rotatable bonds is 23. The van der Waals surface area contributed by atoms with Crippen LogP contribution in [0.5, 0.6) is 0 Å². The Hall–Kier alpha value is -0.240. The van der Waals surface area contributed by atoms with Gasteiger partial charge in [-0.05, 0) is 138 Å². The highest BCUT2D eigenvalue weighted by Crippen LogP contribution is 2.07. The molecule has 1 N–H and O–H groups in total. The van der Waals surface area contributed by atoms with Crippen LogP contribution in [-0.2, 0) is 0 Å². The molecule has 2 saturated heterocycles. The van der Waals surface area contributed by atoms with Crippen molar-refractivity contribution < 1.29 is 0 Å². The zero-order valence-corrected chi connectivity index (χ0v) is 21.3. The van der Waals surface area contributed by atoms with Gasteiger partial charge in [0, 0.05) is 26.2 Å². The summed E-state index contributed by atoms with van der Waals surface area (Å²) in [5, 5.41) is 3.29. The first-order valence-electron chi connectivity index (χ1n) is 13.4. The zero-order valence-electron chi connectivity index (χ0n) is 21.3. The van der Waals surface area contributed by atoms with Crippen LogP contribution in [0.1, 0.15) is 51.4 Å². The maximum Gasteiger partial charge on any atom is 0.0110 e. The van der Waals surface area contributed by atoms with Crippen LogP contribution in [0.2, 0.25) is 0 Å². The quantitative estimate of drug-likeness (QED) is 0.194. The monoisotopic (exact) mass is 438 g/mol.